The topological polar surface area (TPSA) is 84.8 Å². The number of nitrogens with one attached hydrogen (secondary N) is 2. The average Bonchev–Trinajstić information content (AvgIpc) is 3.16. The van der Waals surface area contributed by atoms with E-state index in [2.05, 4.69) is 34.2 Å². The lowest BCUT2D eigenvalue weighted by molar-refractivity contribution is 0.0944. The van der Waals surface area contributed by atoms with Crippen LogP contribution in [0.5, 0.6) is 5.75 Å². The Labute approximate surface area is 152 Å². The Bertz CT molecular complexity index is 910. The fourth-order valence-corrected chi connectivity index (χ4v) is 2.93. The van der Waals surface area contributed by atoms with Crippen LogP contribution in [0.3, 0.4) is 0 Å². The van der Waals surface area contributed by atoms with Crippen LogP contribution in [0.1, 0.15) is 35.9 Å². The third-order valence-corrected chi connectivity index (χ3v) is 4.17. The predicted octanol–water partition coefficient (Wildman–Crippen LogP) is 2.48. The standard InChI is InChI=1S/C19H25N5O2/c1-12(2)9-13-10-17(24(3)23-13)19(25)20-8-7-18-21-15-6-5-14(26-4)11-16(15)22-18/h5-6,10-12H,7-9H2,1-4H3,(H,20,25)(H,21,22). The second-order valence-electron chi connectivity index (χ2n) is 6.81. The maximum atomic E-state index is 12.4. The number of carbonyl (C=O) groups excluding carboxylic acids is 1. The van der Waals surface area contributed by atoms with Gasteiger partial charge in [-0.25, -0.2) is 4.98 Å². The van der Waals surface area contributed by atoms with E-state index in [1.807, 2.05) is 24.3 Å². The van der Waals surface area contributed by atoms with Gasteiger partial charge in [0.1, 0.15) is 17.3 Å². The van der Waals surface area contributed by atoms with Crippen molar-refractivity contribution in [3.8, 4) is 5.75 Å². The first-order valence-corrected chi connectivity index (χ1v) is 8.80. The number of aryl methyl sites for hydroxylation is 1. The van der Waals surface area contributed by atoms with Crippen LogP contribution in [0, 0.1) is 5.92 Å². The third-order valence-electron chi connectivity index (χ3n) is 4.17. The zero-order valence-electron chi connectivity index (χ0n) is 15.7. The van der Waals surface area contributed by atoms with Gasteiger partial charge in [0.15, 0.2) is 0 Å². The first-order valence-electron chi connectivity index (χ1n) is 8.80. The van der Waals surface area contributed by atoms with Crippen molar-refractivity contribution in [1.82, 2.24) is 25.1 Å². The maximum absolute atomic E-state index is 12.4. The summed E-state index contributed by atoms with van der Waals surface area (Å²) < 4.78 is 6.86. The molecule has 7 heteroatoms. The van der Waals surface area contributed by atoms with Crippen molar-refractivity contribution in [3.05, 3.63) is 41.5 Å². The van der Waals surface area contributed by atoms with Crippen molar-refractivity contribution in [3.63, 3.8) is 0 Å². The third kappa shape index (κ3) is 4.04. The zero-order chi connectivity index (χ0) is 18.7. The molecule has 0 saturated carbocycles. The Hall–Kier alpha value is -2.83. The normalized spacial score (nSPS) is 11.3. The first-order chi connectivity index (χ1) is 12.5. The van der Waals surface area contributed by atoms with E-state index in [1.54, 1.807) is 18.8 Å². The summed E-state index contributed by atoms with van der Waals surface area (Å²) in [6.45, 7) is 4.77. The summed E-state index contributed by atoms with van der Waals surface area (Å²) in [5.41, 5.74) is 3.33. The molecule has 0 unspecified atom stereocenters. The minimum absolute atomic E-state index is 0.118. The molecular formula is C19H25N5O2. The van der Waals surface area contributed by atoms with Crippen molar-refractivity contribution >= 4 is 16.9 Å². The molecule has 3 aromatic rings. The largest absolute Gasteiger partial charge is 0.497 e. The second kappa shape index (κ2) is 7.59. The molecular weight excluding hydrogens is 330 g/mol. The Morgan fingerprint density at radius 1 is 1.35 bits per heavy atom. The summed E-state index contributed by atoms with van der Waals surface area (Å²) in [5.74, 6) is 2.01. The van der Waals surface area contributed by atoms with Gasteiger partial charge in [-0.3, -0.25) is 9.48 Å². The number of hydrogen-bond acceptors (Lipinski definition) is 4. The smallest absolute Gasteiger partial charge is 0.269 e. The van der Waals surface area contributed by atoms with Gasteiger partial charge >= 0.3 is 0 Å². The predicted molar refractivity (Wildman–Crippen MR) is 100 cm³/mol. The van der Waals surface area contributed by atoms with Crippen LogP contribution in [0.25, 0.3) is 11.0 Å². The maximum Gasteiger partial charge on any atom is 0.269 e. The van der Waals surface area contributed by atoms with E-state index in [4.69, 9.17) is 4.74 Å². The molecule has 0 atom stereocenters. The van der Waals surface area contributed by atoms with Crippen LogP contribution >= 0.6 is 0 Å². The van der Waals surface area contributed by atoms with E-state index < -0.39 is 0 Å². The number of imidazole rings is 1. The molecule has 2 aromatic heterocycles. The number of fused-ring (bicyclic) bond motifs is 1. The number of benzene rings is 1. The molecule has 0 fully saturated rings. The number of methoxy groups -OCH3 is 1. The van der Waals surface area contributed by atoms with Gasteiger partial charge in [0.2, 0.25) is 0 Å². The van der Waals surface area contributed by atoms with Crippen LogP contribution < -0.4 is 10.1 Å². The quantitative estimate of drug-likeness (QED) is 0.682. The number of hydrogen-bond donors (Lipinski definition) is 2. The average molecular weight is 355 g/mol. The van der Waals surface area contributed by atoms with Crippen molar-refractivity contribution in [1.29, 1.82) is 0 Å². The highest BCUT2D eigenvalue weighted by Crippen LogP contribution is 2.18. The first kappa shape index (κ1) is 18.0. The Kier molecular flexibility index (Phi) is 5.25. The number of H-pyrrole nitrogens is 1. The number of nitrogens with zero attached hydrogens (tertiary/aromatic N) is 3. The highest BCUT2D eigenvalue weighted by molar-refractivity contribution is 5.92. The fraction of sp³-hybridized carbons (Fsp3) is 0.421. The van der Waals surface area contributed by atoms with Crippen molar-refractivity contribution in [2.24, 2.45) is 13.0 Å². The minimum Gasteiger partial charge on any atom is -0.497 e. The Balaban J connectivity index is 1.59. The Morgan fingerprint density at radius 2 is 2.15 bits per heavy atom. The van der Waals surface area contributed by atoms with E-state index in [0.717, 1.165) is 34.7 Å². The molecule has 0 aliphatic rings. The van der Waals surface area contributed by atoms with E-state index in [9.17, 15) is 4.79 Å². The molecule has 138 valence electrons. The number of rotatable bonds is 7. The molecule has 3 rings (SSSR count). The zero-order valence-corrected chi connectivity index (χ0v) is 15.7. The number of aromatic amines is 1. The van der Waals surface area contributed by atoms with E-state index in [-0.39, 0.29) is 5.91 Å². The van der Waals surface area contributed by atoms with E-state index >= 15 is 0 Å². The van der Waals surface area contributed by atoms with Gasteiger partial charge in [0.05, 0.1) is 23.8 Å². The van der Waals surface area contributed by atoms with Crippen LogP contribution in [0.2, 0.25) is 0 Å². The lowest BCUT2D eigenvalue weighted by Crippen LogP contribution is -2.27. The van der Waals surface area contributed by atoms with Crippen LogP contribution in [-0.4, -0.2) is 39.3 Å². The summed E-state index contributed by atoms with van der Waals surface area (Å²) in [5, 5.41) is 7.35. The van der Waals surface area contributed by atoms with Gasteiger partial charge in [-0.05, 0) is 30.5 Å². The van der Waals surface area contributed by atoms with Gasteiger partial charge in [-0.2, -0.15) is 5.10 Å². The molecule has 7 nitrogen and oxygen atoms in total. The summed E-state index contributed by atoms with van der Waals surface area (Å²) in [6.07, 6.45) is 1.49. The second-order valence-corrected chi connectivity index (χ2v) is 6.81. The van der Waals surface area contributed by atoms with E-state index in [0.29, 0.717) is 24.6 Å². The Morgan fingerprint density at radius 3 is 2.88 bits per heavy atom. The number of aromatic nitrogens is 4. The molecule has 26 heavy (non-hydrogen) atoms. The highest BCUT2D eigenvalue weighted by atomic mass is 16.5. The highest BCUT2D eigenvalue weighted by Gasteiger charge is 2.14. The molecule has 0 saturated heterocycles. The molecule has 0 radical (unpaired) electrons. The van der Waals surface area contributed by atoms with Crippen molar-refractivity contribution < 1.29 is 9.53 Å². The summed E-state index contributed by atoms with van der Waals surface area (Å²) in [4.78, 5) is 20.2. The van der Waals surface area contributed by atoms with Crippen LogP contribution in [0.4, 0.5) is 0 Å². The lowest BCUT2D eigenvalue weighted by atomic mass is 10.1. The van der Waals surface area contributed by atoms with E-state index in [1.165, 1.54) is 0 Å². The SMILES string of the molecule is COc1ccc2nc(CCNC(=O)c3cc(CC(C)C)nn3C)[nH]c2c1. The van der Waals surface area contributed by atoms with Crippen LogP contribution in [0.15, 0.2) is 24.3 Å². The molecule has 2 heterocycles. The molecule has 0 aliphatic heterocycles. The van der Waals surface area contributed by atoms with Crippen molar-refractivity contribution in [2.45, 2.75) is 26.7 Å². The molecule has 0 bridgehead atoms. The van der Waals surface area contributed by atoms with Gasteiger partial charge in [-0.1, -0.05) is 13.8 Å². The number of amides is 1. The monoisotopic (exact) mass is 355 g/mol. The lowest BCUT2D eigenvalue weighted by Gasteiger charge is -2.03. The van der Waals surface area contributed by atoms with Crippen molar-refractivity contribution in [2.75, 3.05) is 13.7 Å². The van der Waals surface area contributed by atoms with Gasteiger partial charge < -0.3 is 15.0 Å². The number of ether oxygens (including phenoxy) is 1. The molecule has 1 amide bonds. The van der Waals surface area contributed by atoms with Crippen LogP contribution in [-0.2, 0) is 19.9 Å². The molecule has 1 aromatic carbocycles. The molecule has 0 spiro atoms. The summed E-state index contributed by atoms with van der Waals surface area (Å²) in [7, 11) is 3.43. The minimum atomic E-state index is -0.118. The summed E-state index contributed by atoms with van der Waals surface area (Å²) >= 11 is 0. The van der Waals surface area contributed by atoms with Gasteiger partial charge in [0.25, 0.3) is 5.91 Å². The van der Waals surface area contributed by atoms with Gasteiger partial charge in [0, 0.05) is 26.1 Å². The van der Waals surface area contributed by atoms with Gasteiger partial charge in [-0.15, -0.1) is 0 Å². The number of carbonyl (C=O) groups is 1. The fourth-order valence-electron chi connectivity index (χ4n) is 2.93. The molecule has 2 N–H and O–H groups in total. The molecule has 0 aliphatic carbocycles. The summed E-state index contributed by atoms with van der Waals surface area (Å²) in [6, 6.07) is 7.57.